The van der Waals surface area contributed by atoms with Gasteiger partial charge in [0.15, 0.2) is 17.3 Å². The fraction of sp³-hybridized carbons (Fsp3) is 0.385. The zero-order valence-electron chi connectivity index (χ0n) is 11.2. The van der Waals surface area contributed by atoms with Crippen LogP contribution in [0.3, 0.4) is 0 Å². The summed E-state index contributed by atoms with van der Waals surface area (Å²) >= 11 is 0. The minimum Gasteiger partial charge on any atom is -0.493 e. The first kappa shape index (κ1) is 13.4. The van der Waals surface area contributed by atoms with Crippen LogP contribution in [0.15, 0.2) is 24.5 Å². The Morgan fingerprint density at radius 3 is 2.89 bits per heavy atom. The van der Waals surface area contributed by atoms with Crippen LogP contribution in [-0.2, 0) is 19.7 Å². The fourth-order valence-electron chi connectivity index (χ4n) is 1.85. The highest BCUT2D eigenvalue weighted by atomic mass is 16.5. The molecule has 2 N–H and O–H groups in total. The normalized spacial score (nSPS) is 10.5. The van der Waals surface area contributed by atoms with Crippen molar-refractivity contribution in [2.24, 2.45) is 5.73 Å². The number of nitrogens with zero attached hydrogens (tertiary/aromatic N) is 3. The largest absolute Gasteiger partial charge is 0.493 e. The van der Waals surface area contributed by atoms with Crippen LogP contribution in [0.4, 0.5) is 0 Å². The van der Waals surface area contributed by atoms with Crippen molar-refractivity contribution in [2.45, 2.75) is 26.6 Å². The van der Waals surface area contributed by atoms with E-state index in [0.29, 0.717) is 24.7 Å². The lowest BCUT2D eigenvalue weighted by atomic mass is 10.2. The molecule has 0 atom stereocenters. The number of hydrogen-bond acceptors (Lipinski definition) is 5. The molecule has 0 aliphatic carbocycles. The number of rotatable bonds is 6. The molecule has 0 fully saturated rings. The molecule has 2 aromatic rings. The highest BCUT2D eigenvalue weighted by Gasteiger charge is 2.11. The van der Waals surface area contributed by atoms with E-state index in [0.717, 1.165) is 17.9 Å². The van der Waals surface area contributed by atoms with Gasteiger partial charge >= 0.3 is 0 Å². The third-order valence-electron chi connectivity index (χ3n) is 2.84. The maximum atomic E-state index is 5.81. The van der Waals surface area contributed by atoms with Gasteiger partial charge in [0, 0.05) is 18.7 Å². The van der Waals surface area contributed by atoms with E-state index in [1.54, 1.807) is 11.8 Å². The monoisotopic (exact) mass is 262 g/mol. The molecular weight excluding hydrogens is 244 g/mol. The molecule has 19 heavy (non-hydrogen) atoms. The first-order chi connectivity index (χ1) is 9.30. The summed E-state index contributed by atoms with van der Waals surface area (Å²) in [5.41, 5.74) is 6.62. The molecule has 0 aliphatic heterocycles. The molecule has 6 nitrogen and oxygen atoms in total. The van der Waals surface area contributed by atoms with Crippen LogP contribution in [0, 0.1) is 0 Å². The van der Waals surface area contributed by atoms with E-state index in [-0.39, 0.29) is 0 Å². The van der Waals surface area contributed by atoms with E-state index in [9.17, 15) is 0 Å². The van der Waals surface area contributed by atoms with Gasteiger partial charge in [-0.05, 0) is 13.0 Å². The lowest BCUT2D eigenvalue weighted by molar-refractivity contribution is 0.267. The number of hydrogen-bond donors (Lipinski definition) is 1. The first-order valence-electron chi connectivity index (χ1n) is 6.15. The highest BCUT2D eigenvalue weighted by Crippen LogP contribution is 2.31. The van der Waals surface area contributed by atoms with E-state index < -0.39 is 0 Å². The van der Waals surface area contributed by atoms with Crippen LogP contribution in [0.2, 0.25) is 0 Å². The van der Waals surface area contributed by atoms with Gasteiger partial charge in [-0.3, -0.25) is 0 Å². The maximum absolute atomic E-state index is 5.81. The summed E-state index contributed by atoms with van der Waals surface area (Å²) < 4.78 is 12.9. The average Bonchev–Trinajstić information content (AvgIpc) is 2.91. The van der Waals surface area contributed by atoms with Gasteiger partial charge in [-0.25, -0.2) is 9.67 Å². The number of aromatic nitrogens is 3. The van der Waals surface area contributed by atoms with Crippen LogP contribution in [-0.4, -0.2) is 21.9 Å². The Kier molecular flexibility index (Phi) is 4.35. The molecule has 2 rings (SSSR count). The number of aryl methyl sites for hydroxylation is 1. The quantitative estimate of drug-likeness (QED) is 0.850. The SMILES string of the molecule is CCn1ncnc1COc1c(CN)cccc1OC. The number of methoxy groups -OCH3 is 1. The second-order valence-electron chi connectivity index (χ2n) is 3.93. The van der Waals surface area contributed by atoms with Crippen molar-refractivity contribution in [2.75, 3.05) is 7.11 Å². The summed E-state index contributed by atoms with van der Waals surface area (Å²) in [6.07, 6.45) is 1.52. The second-order valence-corrected chi connectivity index (χ2v) is 3.93. The van der Waals surface area contributed by atoms with Gasteiger partial charge in [-0.2, -0.15) is 5.10 Å². The van der Waals surface area contributed by atoms with Crippen molar-refractivity contribution in [3.8, 4) is 11.5 Å². The molecule has 6 heteroatoms. The Hall–Kier alpha value is -2.08. The van der Waals surface area contributed by atoms with E-state index in [2.05, 4.69) is 10.1 Å². The lowest BCUT2D eigenvalue weighted by Gasteiger charge is -2.14. The van der Waals surface area contributed by atoms with Crippen LogP contribution < -0.4 is 15.2 Å². The Morgan fingerprint density at radius 1 is 1.37 bits per heavy atom. The minimum absolute atomic E-state index is 0.335. The Labute approximate surface area is 112 Å². The minimum atomic E-state index is 0.335. The van der Waals surface area contributed by atoms with Crippen molar-refractivity contribution >= 4 is 0 Å². The Bertz CT molecular complexity index is 517. The summed E-state index contributed by atoms with van der Waals surface area (Å²) in [4.78, 5) is 4.17. The van der Waals surface area contributed by atoms with Gasteiger partial charge in [-0.15, -0.1) is 0 Å². The topological polar surface area (TPSA) is 75.2 Å². The lowest BCUT2D eigenvalue weighted by Crippen LogP contribution is -2.09. The molecule has 0 unspecified atom stereocenters. The van der Waals surface area contributed by atoms with Gasteiger partial charge in [0.05, 0.1) is 7.11 Å². The van der Waals surface area contributed by atoms with Gasteiger partial charge in [-0.1, -0.05) is 12.1 Å². The van der Waals surface area contributed by atoms with E-state index in [1.165, 1.54) is 6.33 Å². The van der Waals surface area contributed by atoms with Gasteiger partial charge < -0.3 is 15.2 Å². The Balaban J connectivity index is 2.19. The standard InChI is InChI=1S/C13H18N4O2/c1-3-17-12(15-9-16-17)8-19-13-10(7-14)5-4-6-11(13)18-2/h4-6,9H,3,7-8,14H2,1-2H3. The molecular formula is C13H18N4O2. The van der Waals surface area contributed by atoms with E-state index in [4.69, 9.17) is 15.2 Å². The van der Waals surface area contributed by atoms with Gasteiger partial charge in [0.1, 0.15) is 12.9 Å². The molecule has 0 aliphatic rings. The van der Waals surface area contributed by atoms with E-state index >= 15 is 0 Å². The zero-order valence-corrected chi connectivity index (χ0v) is 11.2. The van der Waals surface area contributed by atoms with Crippen molar-refractivity contribution in [3.63, 3.8) is 0 Å². The maximum Gasteiger partial charge on any atom is 0.166 e. The van der Waals surface area contributed by atoms with Crippen LogP contribution in [0.5, 0.6) is 11.5 Å². The third kappa shape index (κ3) is 2.85. The van der Waals surface area contributed by atoms with Crippen molar-refractivity contribution in [3.05, 3.63) is 35.9 Å². The smallest absolute Gasteiger partial charge is 0.166 e. The second kappa shape index (κ2) is 6.19. The molecule has 0 saturated carbocycles. The molecule has 1 aromatic carbocycles. The number of nitrogens with two attached hydrogens (primary N) is 1. The average molecular weight is 262 g/mol. The number of para-hydroxylation sites is 1. The number of ether oxygens (including phenoxy) is 2. The summed E-state index contributed by atoms with van der Waals surface area (Å²) in [6, 6.07) is 5.66. The molecule has 0 radical (unpaired) electrons. The van der Waals surface area contributed by atoms with Crippen molar-refractivity contribution in [1.82, 2.24) is 14.8 Å². The van der Waals surface area contributed by atoms with Crippen molar-refractivity contribution in [1.29, 1.82) is 0 Å². The molecule has 0 saturated heterocycles. The summed E-state index contributed by atoms with van der Waals surface area (Å²) in [6.45, 7) is 3.50. The summed E-state index contributed by atoms with van der Waals surface area (Å²) in [7, 11) is 1.61. The molecule has 102 valence electrons. The van der Waals surface area contributed by atoms with Crippen molar-refractivity contribution < 1.29 is 9.47 Å². The van der Waals surface area contributed by atoms with E-state index in [1.807, 2.05) is 25.1 Å². The molecule has 1 aromatic heterocycles. The van der Waals surface area contributed by atoms with Crippen LogP contribution in [0.25, 0.3) is 0 Å². The Morgan fingerprint density at radius 2 is 2.21 bits per heavy atom. The molecule has 0 spiro atoms. The number of benzene rings is 1. The van der Waals surface area contributed by atoms with Gasteiger partial charge in [0.25, 0.3) is 0 Å². The predicted octanol–water partition coefficient (Wildman–Crippen LogP) is 1.34. The summed E-state index contributed by atoms with van der Waals surface area (Å²) in [5.74, 6) is 2.11. The zero-order chi connectivity index (χ0) is 13.7. The first-order valence-corrected chi connectivity index (χ1v) is 6.15. The highest BCUT2D eigenvalue weighted by molar-refractivity contribution is 5.46. The van der Waals surface area contributed by atoms with Crippen LogP contribution >= 0.6 is 0 Å². The third-order valence-corrected chi connectivity index (χ3v) is 2.84. The fourth-order valence-corrected chi connectivity index (χ4v) is 1.85. The molecule has 0 bridgehead atoms. The molecule has 1 heterocycles. The van der Waals surface area contributed by atoms with Gasteiger partial charge in [0.2, 0.25) is 0 Å². The summed E-state index contributed by atoms with van der Waals surface area (Å²) in [5, 5.41) is 4.10. The molecule has 0 amide bonds. The predicted molar refractivity (Wildman–Crippen MR) is 70.9 cm³/mol. The van der Waals surface area contributed by atoms with Crippen LogP contribution in [0.1, 0.15) is 18.3 Å².